The Balaban J connectivity index is 3.05. The maximum absolute atomic E-state index is 12.4. The summed E-state index contributed by atoms with van der Waals surface area (Å²) < 4.78 is 0. The van der Waals surface area contributed by atoms with Crippen LogP contribution < -0.4 is 5.32 Å². The molecule has 1 aromatic rings. The van der Waals surface area contributed by atoms with Crippen LogP contribution in [0.3, 0.4) is 0 Å². The van der Waals surface area contributed by atoms with Crippen molar-refractivity contribution in [1.82, 2.24) is 5.32 Å². The molecule has 2 nitrogen and oxygen atoms in total. The van der Waals surface area contributed by atoms with Crippen molar-refractivity contribution in [3.05, 3.63) is 34.4 Å². The van der Waals surface area contributed by atoms with Gasteiger partial charge in [-0.1, -0.05) is 40.5 Å². The molecule has 0 aliphatic heterocycles. The number of nitrogens with one attached hydrogen (secondary N) is 1. The molecule has 0 aliphatic rings. The minimum absolute atomic E-state index is 0.0220. The van der Waals surface area contributed by atoms with Gasteiger partial charge in [-0.25, -0.2) is 0 Å². The van der Waals surface area contributed by atoms with Gasteiger partial charge in [-0.2, -0.15) is 0 Å². The van der Waals surface area contributed by atoms with Gasteiger partial charge in [0.05, 0.1) is 0 Å². The third kappa shape index (κ3) is 3.35. The number of amides is 1. The van der Waals surface area contributed by atoms with Crippen LogP contribution in [0.25, 0.3) is 0 Å². The smallest absolute Gasteiger partial charge is 0.252 e. The van der Waals surface area contributed by atoms with Gasteiger partial charge in [0.2, 0.25) is 0 Å². The second-order valence-corrected chi connectivity index (χ2v) is 5.84. The van der Waals surface area contributed by atoms with Crippen LogP contribution in [0.5, 0.6) is 0 Å². The molecule has 1 unspecified atom stereocenters. The van der Waals surface area contributed by atoms with Gasteiger partial charge in [0, 0.05) is 16.4 Å². The molecule has 3 heteroatoms. The Morgan fingerprint density at radius 1 is 1.28 bits per heavy atom. The van der Waals surface area contributed by atoms with Crippen LogP contribution in [0.15, 0.2) is 12.1 Å². The number of aryl methyl sites for hydroxylation is 3. The van der Waals surface area contributed by atoms with Gasteiger partial charge in [-0.15, -0.1) is 0 Å². The Labute approximate surface area is 118 Å². The van der Waals surface area contributed by atoms with Crippen LogP contribution in [-0.4, -0.2) is 16.8 Å². The Hall–Kier alpha value is -0.830. The highest BCUT2D eigenvalue weighted by atomic mass is 79.9. The summed E-state index contributed by atoms with van der Waals surface area (Å²) in [6.45, 7) is 10.2. The maximum Gasteiger partial charge on any atom is 0.252 e. The predicted octanol–water partition coefficient (Wildman–Crippen LogP) is 3.91. The lowest BCUT2D eigenvalue weighted by molar-refractivity contribution is 0.0912. The normalized spacial score (nSPS) is 14.1. The van der Waals surface area contributed by atoms with Gasteiger partial charge in [0.15, 0.2) is 0 Å². The molecule has 1 aromatic carbocycles. The molecule has 1 atom stereocenters. The lowest BCUT2D eigenvalue weighted by Crippen LogP contribution is -2.47. The van der Waals surface area contributed by atoms with Crippen molar-refractivity contribution in [2.45, 2.75) is 46.6 Å². The number of carbonyl (C=O) groups is 1. The first kappa shape index (κ1) is 15.2. The first-order chi connectivity index (χ1) is 8.33. The van der Waals surface area contributed by atoms with Gasteiger partial charge >= 0.3 is 0 Å². The molecular formula is C15H22BrNO. The fourth-order valence-corrected chi connectivity index (χ4v) is 2.63. The molecule has 1 rings (SSSR count). The van der Waals surface area contributed by atoms with Gasteiger partial charge < -0.3 is 5.32 Å². The van der Waals surface area contributed by atoms with Crippen molar-refractivity contribution in [1.29, 1.82) is 0 Å². The molecule has 100 valence electrons. The molecule has 0 spiro atoms. The third-order valence-corrected chi connectivity index (χ3v) is 4.63. The molecule has 1 N–H and O–H groups in total. The minimum Gasteiger partial charge on any atom is -0.346 e. The standard InChI is InChI=1S/C15H22BrNO/c1-6-15(5,9-16)17-14(18)13-11(3)7-10(2)8-12(13)4/h7-8H,6,9H2,1-5H3,(H,17,18). The summed E-state index contributed by atoms with van der Waals surface area (Å²) in [7, 11) is 0. The number of alkyl halides is 1. The van der Waals surface area contributed by atoms with Crippen molar-refractivity contribution >= 4 is 21.8 Å². The molecule has 0 aromatic heterocycles. The highest BCUT2D eigenvalue weighted by Gasteiger charge is 2.24. The predicted molar refractivity (Wildman–Crippen MR) is 80.6 cm³/mol. The van der Waals surface area contributed by atoms with E-state index in [9.17, 15) is 4.79 Å². The van der Waals surface area contributed by atoms with Gasteiger partial charge in [0.25, 0.3) is 5.91 Å². The third-order valence-electron chi connectivity index (χ3n) is 3.39. The van der Waals surface area contributed by atoms with E-state index in [0.717, 1.165) is 28.4 Å². The summed E-state index contributed by atoms with van der Waals surface area (Å²) in [6, 6.07) is 4.11. The van der Waals surface area contributed by atoms with E-state index in [1.807, 2.05) is 13.8 Å². The molecule has 0 fully saturated rings. The summed E-state index contributed by atoms with van der Waals surface area (Å²) in [5.41, 5.74) is 3.89. The Bertz CT molecular complexity index is 427. The van der Waals surface area contributed by atoms with Gasteiger partial charge in [0.1, 0.15) is 0 Å². The number of hydrogen-bond acceptors (Lipinski definition) is 1. The fraction of sp³-hybridized carbons (Fsp3) is 0.533. The Morgan fingerprint density at radius 3 is 2.17 bits per heavy atom. The van der Waals surface area contributed by atoms with E-state index in [1.165, 1.54) is 5.56 Å². The quantitative estimate of drug-likeness (QED) is 0.839. The maximum atomic E-state index is 12.4. The Kier molecular flexibility index (Phi) is 4.97. The Morgan fingerprint density at radius 2 is 1.78 bits per heavy atom. The van der Waals surface area contributed by atoms with Gasteiger partial charge in [-0.3, -0.25) is 4.79 Å². The van der Waals surface area contributed by atoms with E-state index in [1.54, 1.807) is 0 Å². The van der Waals surface area contributed by atoms with E-state index < -0.39 is 0 Å². The molecule has 0 radical (unpaired) electrons. The van der Waals surface area contributed by atoms with Crippen molar-refractivity contribution in [2.24, 2.45) is 0 Å². The van der Waals surface area contributed by atoms with Crippen LogP contribution in [-0.2, 0) is 0 Å². The second kappa shape index (κ2) is 5.87. The summed E-state index contributed by atoms with van der Waals surface area (Å²) in [5, 5.41) is 3.88. The summed E-state index contributed by atoms with van der Waals surface area (Å²) in [5.74, 6) is 0.0220. The van der Waals surface area contributed by atoms with E-state index >= 15 is 0 Å². The van der Waals surface area contributed by atoms with Crippen LogP contribution in [0, 0.1) is 20.8 Å². The molecule has 0 saturated carbocycles. The molecule has 1 amide bonds. The van der Waals surface area contributed by atoms with E-state index in [2.05, 4.69) is 54.2 Å². The molecule has 0 saturated heterocycles. The average molecular weight is 312 g/mol. The van der Waals surface area contributed by atoms with Crippen LogP contribution >= 0.6 is 15.9 Å². The zero-order valence-corrected chi connectivity index (χ0v) is 13.4. The zero-order valence-electron chi connectivity index (χ0n) is 11.9. The lowest BCUT2D eigenvalue weighted by Gasteiger charge is -2.28. The number of rotatable bonds is 4. The molecular weight excluding hydrogens is 290 g/mol. The van der Waals surface area contributed by atoms with Gasteiger partial charge in [-0.05, 0) is 45.2 Å². The highest BCUT2D eigenvalue weighted by molar-refractivity contribution is 9.09. The molecule has 0 heterocycles. The zero-order chi connectivity index (χ0) is 13.9. The molecule has 0 aliphatic carbocycles. The lowest BCUT2D eigenvalue weighted by atomic mass is 9.96. The van der Waals surface area contributed by atoms with Crippen molar-refractivity contribution in [3.63, 3.8) is 0 Å². The van der Waals surface area contributed by atoms with E-state index in [0.29, 0.717) is 0 Å². The second-order valence-electron chi connectivity index (χ2n) is 5.28. The number of hydrogen-bond donors (Lipinski definition) is 1. The number of carbonyl (C=O) groups excluding carboxylic acids is 1. The van der Waals surface area contributed by atoms with Crippen molar-refractivity contribution < 1.29 is 4.79 Å². The van der Waals surface area contributed by atoms with E-state index in [4.69, 9.17) is 0 Å². The number of benzene rings is 1. The number of halogens is 1. The summed E-state index contributed by atoms with van der Waals surface area (Å²) >= 11 is 3.47. The first-order valence-corrected chi connectivity index (χ1v) is 7.41. The largest absolute Gasteiger partial charge is 0.346 e. The molecule has 0 bridgehead atoms. The topological polar surface area (TPSA) is 29.1 Å². The summed E-state index contributed by atoms with van der Waals surface area (Å²) in [6.07, 6.45) is 0.897. The van der Waals surface area contributed by atoms with Crippen LogP contribution in [0.2, 0.25) is 0 Å². The highest BCUT2D eigenvalue weighted by Crippen LogP contribution is 2.19. The van der Waals surface area contributed by atoms with Crippen molar-refractivity contribution in [2.75, 3.05) is 5.33 Å². The minimum atomic E-state index is -0.194. The summed E-state index contributed by atoms with van der Waals surface area (Å²) in [4.78, 5) is 12.4. The van der Waals surface area contributed by atoms with Crippen LogP contribution in [0.1, 0.15) is 47.3 Å². The SMILES string of the molecule is CCC(C)(CBr)NC(=O)c1c(C)cc(C)cc1C. The molecule has 18 heavy (non-hydrogen) atoms. The monoisotopic (exact) mass is 311 g/mol. The average Bonchev–Trinajstić information content (AvgIpc) is 2.27. The first-order valence-electron chi connectivity index (χ1n) is 6.29. The van der Waals surface area contributed by atoms with E-state index in [-0.39, 0.29) is 11.4 Å². The fourth-order valence-electron chi connectivity index (χ4n) is 2.09. The van der Waals surface area contributed by atoms with Crippen LogP contribution in [0.4, 0.5) is 0 Å². The van der Waals surface area contributed by atoms with Crippen molar-refractivity contribution in [3.8, 4) is 0 Å².